The minimum atomic E-state index is -3.92. The molecular weight excluding hydrogens is 334 g/mol. The standard InChI is InChI=1S/C16H15NO4S2/c18-16(17-23(19,20)12-6-2-1-3-7-12)21-14-10-11-22-15-9-5-4-8-13(14)15/h1-9,14H,10-11H2,(H,17,18). The van der Waals surface area contributed by atoms with Crippen molar-refractivity contribution in [1.29, 1.82) is 0 Å². The number of thioether (sulfide) groups is 1. The number of carbonyl (C=O) groups excluding carboxylic acids is 1. The molecule has 0 bridgehead atoms. The molecular formula is C16H15NO4S2. The largest absolute Gasteiger partial charge is 0.441 e. The number of hydrogen-bond acceptors (Lipinski definition) is 5. The minimum absolute atomic E-state index is 0.0246. The van der Waals surface area contributed by atoms with E-state index in [1.807, 2.05) is 29.0 Å². The molecule has 0 saturated carbocycles. The van der Waals surface area contributed by atoms with Crippen molar-refractivity contribution >= 4 is 27.9 Å². The molecule has 1 aliphatic rings. The molecule has 1 unspecified atom stereocenters. The van der Waals surface area contributed by atoms with Crippen LogP contribution in [0, 0.1) is 0 Å². The number of rotatable bonds is 3. The van der Waals surface area contributed by atoms with Crippen molar-refractivity contribution in [3.8, 4) is 0 Å². The summed E-state index contributed by atoms with van der Waals surface area (Å²) in [5.74, 6) is 0.820. The van der Waals surface area contributed by atoms with E-state index in [9.17, 15) is 13.2 Å². The van der Waals surface area contributed by atoms with E-state index >= 15 is 0 Å². The van der Waals surface area contributed by atoms with Crippen molar-refractivity contribution in [2.75, 3.05) is 5.75 Å². The molecule has 0 aliphatic carbocycles. The number of benzene rings is 2. The van der Waals surface area contributed by atoms with E-state index < -0.39 is 22.2 Å². The lowest BCUT2D eigenvalue weighted by molar-refractivity contribution is 0.0988. The smallest absolute Gasteiger partial charge is 0.421 e. The fourth-order valence-corrected chi connectivity index (χ4v) is 4.35. The summed E-state index contributed by atoms with van der Waals surface area (Å²) in [6, 6.07) is 15.4. The second-order valence-electron chi connectivity index (χ2n) is 4.99. The van der Waals surface area contributed by atoms with E-state index in [4.69, 9.17) is 4.74 Å². The van der Waals surface area contributed by atoms with E-state index in [0.717, 1.165) is 16.2 Å². The van der Waals surface area contributed by atoms with Crippen LogP contribution in [-0.4, -0.2) is 20.3 Å². The van der Waals surface area contributed by atoms with Crippen LogP contribution in [0.1, 0.15) is 18.1 Å². The highest BCUT2D eigenvalue weighted by Crippen LogP contribution is 2.37. The van der Waals surface area contributed by atoms with Gasteiger partial charge in [-0.25, -0.2) is 17.9 Å². The highest BCUT2D eigenvalue weighted by molar-refractivity contribution is 7.99. The Hall–Kier alpha value is -1.99. The Morgan fingerprint density at radius 2 is 1.78 bits per heavy atom. The van der Waals surface area contributed by atoms with Gasteiger partial charge in [0.25, 0.3) is 10.0 Å². The van der Waals surface area contributed by atoms with Gasteiger partial charge >= 0.3 is 6.09 Å². The van der Waals surface area contributed by atoms with Crippen molar-refractivity contribution < 1.29 is 17.9 Å². The van der Waals surface area contributed by atoms with Crippen LogP contribution in [-0.2, 0) is 14.8 Å². The molecule has 1 atom stereocenters. The highest BCUT2D eigenvalue weighted by Gasteiger charge is 2.26. The third-order valence-corrected chi connectivity index (χ3v) is 5.87. The third kappa shape index (κ3) is 3.68. The van der Waals surface area contributed by atoms with Crippen LogP contribution in [0.25, 0.3) is 0 Å². The van der Waals surface area contributed by atoms with Crippen LogP contribution >= 0.6 is 11.8 Å². The van der Waals surface area contributed by atoms with E-state index in [0.29, 0.717) is 6.42 Å². The summed E-state index contributed by atoms with van der Waals surface area (Å²) < 4.78 is 31.5. The third-order valence-electron chi connectivity index (χ3n) is 3.42. The minimum Gasteiger partial charge on any atom is -0.441 e. The fourth-order valence-electron chi connectivity index (χ4n) is 2.35. The topological polar surface area (TPSA) is 72.5 Å². The predicted molar refractivity (Wildman–Crippen MR) is 87.8 cm³/mol. The van der Waals surface area contributed by atoms with E-state index in [-0.39, 0.29) is 4.90 Å². The van der Waals surface area contributed by atoms with Crippen LogP contribution in [0.3, 0.4) is 0 Å². The molecule has 2 aromatic carbocycles. The second kappa shape index (κ2) is 6.64. The Kier molecular flexibility index (Phi) is 4.58. The molecule has 23 heavy (non-hydrogen) atoms. The first-order valence-corrected chi connectivity index (χ1v) is 9.53. The maximum Gasteiger partial charge on any atom is 0.421 e. The second-order valence-corrected chi connectivity index (χ2v) is 7.81. The molecule has 5 nitrogen and oxygen atoms in total. The first-order chi connectivity index (χ1) is 11.1. The molecule has 0 aromatic heterocycles. The molecule has 1 heterocycles. The summed E-state index contributed by atoms with van der Waals surface area (Å²) >= 11 is 1.70. The molecule has 0 fully saturated rings. The van der Waals surface area contributed by atoms with Crippen LogP contribution in [0.5, 0.6) is 0 Å². The number of carbonyl (C=O) groups is 1. The average molecular weight is 349 g/mol. The molecule has 1 amide bonds. The number of hydrogen-bond donors (Lipinski definition) is 1. The fraction of sp³-hybridized carbons (Fsp3) is 0.188. The monoisotopic (exact) mass is 349 g/mol. The maximum absolute atomic E-state index is 12.1. The lowest BCUT2D eigenvalue weighted by atomic mass is 10.1. The van der Waals surface area contributed by atoms with Gasteiger partial charge in [0.05, 0.1) is 4.90 Å². The van der Waals surface area contributed by atoms with Crippen LogP contribution in [0.2, 0.25) is 0 Å². The summed E-state index contributed by atoms with van der Waals surface area (Å²) in [6.45, 7) is 0. The van der Waals surface area contributed by atoms with Gasteiger partial charge < -0.3 is 4.74 Å². The first kappa shape index (κ1) is 15.9. The zero-order valence-electron chi connectivity index (χ0n) is 12.1. The zero-order valence-corrected chi connectivity index (χ0v) is 13.8. The quantitative estimate of drug-likeness (QED) is 0.920. The lowest BCUT2D eigenvalue weighted by Crippen LogP contribution is -2.32. The van der Waals surface area contributed by atoms with Crippen LogP contribution in [0.4, 0.5) is 4.79 Å². The summed E-state index contributed by atoms with van der Waals surface area (Å²) in [4.78, 5) is 13.1. The molecule has 0 spiro atoms. The Labute approximate surface area is 139 Å². The van der Waals surface area contributed by atoms with Crippen molar-refractivity contribution in [1.82, 2.24) is 4.72 Å². The lowest BCUT2D eigenvalue weighted by Gasteiger charge is -2.24. The number of amides is 1. The van der Waals surface area contributed by atoms with E-state index in [1.165, 1.54) is 12.1 Å². The molecule has 0 radical (unpaired) electrons. The molecule has 120 valence electrons. The number of nitrogens with one attached hydrogen (secondary N) is 1. The first-order valence-electron chi connectivity index (χ1n) is 7.06. The summed E-state index contributed by atoms with van der Waals surface area (Å²) in [6.07, 6.45) is -0.737. The van der Waals surface area contributed by atoms with Gasteiger partial charge in [-0.05, 0) is 24.6 Å². The van der Waals surface area contributed by atoms with Crippen LogP contribution in [0.15, 0.2) is 64.4 Å². The molecule has 1 N–H and O–H groups in total. The Bertz CT molecular complexity index is 806. The van der Waals surface area contributed by atoms with Crippen molar-refractivity contribution in [3.05, 3.63) is 60.2 Å². The van der Waals surface area contributed by atoms with Gasteiger partial charge in [0, 0.05) is 16.2 Å². The van der Waals surface area contributed by atoms with Gasteiger partial charge in [0.2, 0.25) is 0 Å². The predicted octanol–water partition coefficient (Wildman–Crippen LogP) is 3.34. The average Bonchev–Trinajstić information content (AvgIpc) is 2.55. The van der Waals surface area contributed by atoms with E-state index in [2.05, 4.69) is 0 Å². The van der Waals surface area contributed by atoms with Gasteiger partial charge in [-0.2, -0.15) is 0 Å². The Balaban J connectivity index is 1.71. The Morgan fingerprint density at radius 3 is 2.57 bits per heavy atom. The molecule has 1 aliphatic heterocycles. The highest BCUT2D eigenvalue weighted by atomic mass is 32.2. The van der Waals surface area contributed by atoms with E-state index in [1.54, 1.807) is 30.0 Å². The van der Waals surface area contributed by atoms with Crippen molar-refractivity contribution in [2.24, 2.45) is 0 Å². The molecule has 0 saturated heterocycles. The summed E-state index contributed by atoms with van der Waals surface area (Å²) in [7, 11) is -3.92. The van der Waals surface area contributed by atoms with Gasteiger partial charge in [0.15, 0.2) is 0 Å². The van der Waals surface area contributed by atoms with Crippen molar-refractivity contribution in [3.63, 3.8) is 0 Å². The molecule has 3 rings (SSSR count). The SMILES string of the molecule is O=C(NS(=O)(=O)c1ccccc1)OC1CCSc2ccccc21. The maximum atomic E-state index is 12.1. The van der Waals surface area contributed by atoms with Gasteiger partial charge in [0.1, 0.15) is 6.10 Å². The summed E-state index contributed by atoms with van der Waals surface area (Å²) in [5.41, 5.74) is 0.913. The Morgan fingerprint density at radius 1 is 1.09 bits per heavy atom. The summed E-state index contributed by atoms with van der Waals surface area (Å²) in [5, 5.41) is 0. The number of ether oxygens (including phenoxy) is 1. The zero-order chi connectivity index (χ0) is 16.3. The van der Waals surface area contributed by atoms with Gasteiger partial charge in [-0.15, -0.1) is 11.8 Å². The number of sulfonamides is 1. The molecule has 2 aromatic rings. The molecule has 7 heteroatoms. The van der Waals surface area contributed by atoms with Gasteiger partial charge in [-0.3, -0.25) is 0 Å². The number of fused-ring (bicyclic) bond motifs is 1. The normalized spacial score (nSPS) is 17.1. The van der Waals surface area contributed by atoms with Crippen LogP contribution < -0.4 is 4.72 Å². The van der Waals surface area contributed by atoms with Crippen molar-refractivity contribution in [2.45, 2.75) is 22.3 Å². The van der Waals surface area contributed by atoms with Gasteiger partial charge in [-0.1, -0.05) is 36.4 Å².